The molecule has 2 aromatic carbocycles. The number of benzene rings is 2. The first-order chi connectivity index (χ1) is 16.6. The number of anilines is 1. The van der Waals surface area contributed by atoms with Crippen LogP contribution in [0.4, 0.5) is 5.69 Å². The molecule has 0 aliphatic carbocycles. The number of H-pyrrole nitrogens is 1. The van der Waals surface area contributed by atoms with Crippen LogP contribution in [0.1, 0.15) is 37.7 Å². The van der Waals surface area contributed by atoms with E-state index in [-0.39, 0.29) is 5.91 Å². The van der Waals surface area contributed by atoms with Crippen molar-refractivity contribution < 1.29 is 14.3 Å². The molecule has 0 radical (unpaired) electrons. The molecule has 1 N–H and O–H groups in total. The van der Waals surface area contributed by atoms with Crippen LogP contribution in [-0.2, 0) is 4.79 Å². The van der Waals surface area contributed by atoms with E-state index in [1.807, 2.05) is 37.3 Å². The van der Waals surface area contributed by atoms with E-state index in [2.05, 4.69) is 34.3 Å². The number of carbonyl (C=O) groups is 1. The number of hydrogen-bond donors (Lipinski definition) is 1. The average molecular weight is 461 g/mol. The minimum absolute atomic E-state index is 0.0229. The molecular formula is C27H32N4O3. The number of amides is 1. The first-order valence-corrected chi connectivity index (χ1v) is 11.9. The van der Waals surface area contributed by atoms with Gasteiger partial charge in [0, 0.05) is 29.3 Å². The molecule has 1 aromatic heterocycles. The second-order valence-electron chi connectivity index (χ2n) is 8.59. The smallest absolute Gasteiger partial charge is 0.241 e. The van der Waals surface area contributed by atoms with Crippen LogP contribution in [0.25, 0.3) is 10.9 Å². The highest BCUT2D eigenvalue weighted by atomic mass is 16.5. The number of nitriles is 1. The van der Waals surface area contributed by atoms with Crippen molar-refractivity contribution in [3.8, 4) is 17.6 Å². The van der Waals surface area contributed by atoms with Crippen LogP contribution in [0.2, 0.25) is 0 Å². The molecule has 1 saturated heterocycles. The van der Waals surface area contributed by atoms with Crippen molar-refractivity contribution in [2.24, 2.45) is 0 Å². The number of methoxy groups -OCH3 is 1. The maximum absolute atomic E-state index is 13.2. The van der Waals surface area contributed by atoms with Crippen molar-refractivity contribution in [2.45, 2.75) is 32.1 Å². The fraction of sp³-hybridized carbons (Fsp3) is 0.407. The van der Waals surface area contributed by atoms with Crippen LogP contribution < -0.4 is 14.4 Å². The van der Waals surface area contributed by atoms with E-state index in [0.29, 0.717) is 32.0 Å². The van der Waals surface area contributed by atoms with Crippen LogP contribution in [0.5, 0.6) is 11.5 Å². The minimum atomic E-state index is 0.0229. The molecule has 178 valence electrons. The highest BCUT2D eigenvalue weighted by molar-refractivity contribution is 5.95. The van der Waals surface area contributed by atoms with E-state index in [4.69, 9.17) is 14.7 Å². The Morgan fingerprint density at radius 2 is 1.91 bits per heavy atom. The Balaban J connectivity index is 1.39. The summed E-state index contributed by atoms with van der Waals surface area (Å²) in [6.45, 7) is 5.00. The zero-order valence-electron chi connectivity index (χ0n) is 19.9. The summed E-state index contributed by atoms with van der Waals surface area (Å²) in [6.07, 6.45) is 4.41. The number of likely N-dealkylation sites (tertiary alicyclic amines) is 1. The third-order valence-corrected chi connectivity index (χ3v) is 6.51. The minimum Gasteiger partial charge on any atom is -0.497 e. The van der Waals surface area contributed by atoms with Gasteiger partial charge in [-0.3, -0.25) is 9.69 Å². The molecule has 34 heavy (non-hydrogen) atoms. The summed E-state index contributed by atoms with van der Waals surface area (Å²) in [6, 6.07) is 15.8. The largest absolute Gasteiger partial charge is 0.497 e. The molecular weight excluding hydrogens is 428 g/mol. The van der Waals surface area contributed by atoms with Gasteiger partial charge in [0.25, 0.3) is 0 Å². The molecule has 1 amide bonds. The van der Waals surface area contributed by atoms with Gasteiger partial charge in [-0.1, -0.05) is 0 Å². The standard InChI is InChI=1S/C27H32N4O3/c1-3-34-22-7-5-21(6-8-22)31(14-4-13-28)27(32)19-30-15-11-20(12-16-30)25-18-29-26-10-9-23(33-2)17-24(25)26/h5-10,17-18,20,29H,3-4,11-12,14-16,19H2,1-2H3. The average Bonchev–Trinajstić information content (AvgIpc) is 3.29. The van der Waals surface area contributed by atoms with Gasteiger partial charge in [0.05, 0.1) is 32.8 Å². The van der Waals surface area contributed by atoms with E-state index < -0.39 is 0 Å². The topological polar surface area (TPSA) is 81.6 Å². The number of nitrogens with zero attached hydrogens (tertiary/aromatic N) is 3. The van der Waals surface area contributed by atoms with Crippen molar-refractivity contribution in [1.29, 1.82) is 5.26 Å². The second kappa shape index (κ2) is 11.1. The quantitative estimate of drug-likeness (QED) is 0.501. The lowest BCUT2D eigenvalue weighted by molar-refractivity contribution is -0.120. The lowest BCUT2D eigenvalue weighted by Crippen LogP contribution is -2.43. The molecule has 0 unspecified atom stereocenters. The number of piperidine rings is 1. The molecule has 0 atom stereocenters. The molecule has 1 aliphatic rings. The Morgan fingerprint density at radius 3 is 2.59 bits per heavy atom. The third kappa shape index (κ3) is 5.35. The molecule has 0 spiro atoms. The molecule has 3 aromatic rings. The highest BCUT2D eigenvalue weighted by Crippen LogP contribution is 2.34. The molecule has 7 heteroatoms. The molecule has 7 nitrogen and oxygen atoms in total. The van der Waals surface area contributed by atoms with Gasteiger partial charge in [0.15, 0.2) is 0 Å². The first-order valence-electron chi connectivity index (χ1n) is 11.9. The number of nitrogens with one attached hydrogen (secondary N) is 1. The van der Waals surface area contributed by atoms with Gasteiger partial charge >= 0.3 is 0 Å². The summed E-state index contributed by atoms with van der Waals surface area (Å²) in [7, 11) is 1.69. The Labute approximate surface area is 200 Å². The monoisotopic (exact) mass is 460 g/mol. The molecule has 1 fully saturated rings. The Hall–Kier alpha value is -3.50. The van der Waals surface area contributed by atoms with Crippen LogP contribution in [0.3, 0.4) is 0 Å². The van der Waals surface area contributed by atoms with E-state index >= 15 is 0 Å². The van der Waals surface area contributed by atoms with Crippen molar-refractivity contribution >= 4 is 22.5 Å². The van der Waals surface area contributed by atoms with Gasteiger partial charge in [-0.25, -0.2) is 0 Å². The molecule has 4 rings (SSSR count). The number of aromatic amines is 1. The van der Waals surface area contributed by atoms with Crippen molar-refractivity contribution in [1.82, 2.24) is 9.88 Å². The number of aromatic nitrogens is 1. The number of rotatable bonds is 9. The van der Waals surface area contributed by atoms with Gasteiger partial charge in [0.2, 0.25) is 5.91 Å². The summed E-state index contributed by atoms with van der Waals surface area (Å²) < 4.78 is 10.9. The van der Waals surface area contributed by atoms with E-state index in [9.17, 15) is 4.79 Å². The van der Waals surface area contributed by atoms with Crippen LogP contribution >= 0.6 is 0 Å². The Kier molecular flexibility index (Phi) is 7.71. The molecule has 1 aliphatic heterocycles. The Morgan fingerprint density at radius 1 is 1.18 bits per heavy atom. The predicted octanol–water partition coefficient (Wildman–Crippen LogP) is 4.70. The SMILES string of the molecule is CCOc1ccc(N(CCC#N)C(=O)CN2CCC(c3c[nH]c4ccc(OC)cc34)CC2)cc1. The van der Waals surface area contributed by atoms with Gasteiger partial charge in [0.1, 0.15) is 11.5 Å². The van der Waals surface area contributed by atoms with Crippen LogP contribution in [0.15, 0.2) is 48.7 Å². The number of ether oxygens (including phenoxy) is 2. The molecule has 0 saturated carbocycles. The van der Waals surface area contributed by atoms with Gasteiger partial charge in [-0.05, 0) is 86.8 Å². The van der Waals surface area contributed by atoms with Gasteiger partial charge in [-0.2, -0.15) is 5.26 Å². The third-order valence-electron chi connectivity index (χ3n) is 6.51. The highest BCUT2D eigenvalue weighted by Gasteiger charge is 2.26. The van der Waals surface area contributed by atoms with Crippen molar-refractivity contribution in [3.63, 3.8) is 0 Å². The van der Waals surface area contributed by atoms with Crippen LogP contribution in [0, 0.1) is 11.3 Å². The summed E-state index contributed by atoms with van der Waals surface area (Å²) in [5, 5.41) is 10.3. The van der Waals surface area contributed by atoms with E-state index in [0.717, 1.165) is 48.6 Å². The number of fused-ring (bicyclic) bond motifs is 1. The van der Waals surface area contributed by atoms with E-state index in [1.54, 1.807) is 12.0 Å². The molecule has 0 bridgehead atoms. The summed E-state index contributed by atoms with van der Waals surface area (Å²) in [5.41, 5.74) is 3.24. The zero-order chi connectivity index (χ0) is 23.9. The maximum atomic E-state index is 13.2. The summed E-state index contributed by atoms with van der Waals surface area (Å²) in [5.74, 6) is 2.11. The van der Waals surface area contributed by atoms with E-state index in [1.165, 1.54) is 10.9 Å². The number of carbonyl (C=O) groups excluding carboxylic acids is 1. The van der Waals surface area contributed by atoms with Gasteiger partial charge in [-0.15, -0.1) is 0 Å². The zero-order valence-corrected chi connectivity index (χ0v) is 19.9. The summed E-state index contributed by atoms with van der Waals surface area (Å²) in [4.78, 5) is 20.5. The lowest BCUT2D eigenvalue weighted by atomic mass is 9.89. The van der Waals surface area contributed by atoms with Crippen molar-refractivity contribution in [2.75, 3.05) is 44.8 Å². The maximum Gasteiger partial charge on any atom is 0.241 e. The lowest BCUT2D eigenvalue weighted by Gasteiger charge is -2.33. The van der Waals surface area contributed by atoms with Crippen LogP contribution in [-0.4, -0.2) is 55.7 Å². The molecule has 2 heterocycles. The van der Waals surface area contributed by atoms with Gasteiger partial charge < -0.3 is 19.4 Å². The first kappa shape index (κ1) is 23.7. The predicted molar refractivity (Wildman–Crippen MR) is 133 cm³/mol. The second-order valence-corrected chi connectivity index (χ2v) is 8.59. The van der Waals surface area contributed by atoms with Crippen molar-refractivity contribution in [3.05, 3.63) is 54.2 Å². The normalized spacial score (nSPS) is 14.6. The number of hydrogen-bond acceptors (Lipinski definition) is 5. The Bertz CT molecular complexity index is 1140. The summed E-state index contributed by atoms with van der Waals surface area (Å²) >= 11 is 0. The fourth-order valence-electron chi connectivity index (χ4n) is 4.71. The fourth-order valence-corrected chi connectivity index (χ4v) is 4.71.